The van der Waals surface area contributed by atoms with Crippen LogP contribution in [0.4, 0.5) is 11.4 Å². The summed E-state index contributed by atoms with van der Waals surface area (Å²) in [5.74, 6) is 1.80. The highest BCUT2D eigenvalue weighted by Gasteiger charge is 2.58. The van der Waals surface area contributed by atoms with Crippen LogP contribution in [0.5, 0.6) is 0 Å². The highest BCUT2D eigenvalue weighted by atomic mass is 28.3. The van der Waals surface area contributed by atoms with Gasteiger partial charge in [0, 0.05) is 33.5 Å². The number of fused-ring (bicyclic) bond motifs is 6. The first-order valence-electron chi connectivity index (χ1n) is 24.9. The van der Waals surface area contributed by atoms with Crippen molar-refractivity contribution in [1.82, 2.24) is 24.5 Å². The lowest BCUT2D eigenvalue weighted by atomic mass is 9.61. The smallest absolute Gasteiger partial charge is 0.238 e. The second kappa shape index (κ2) is 17.0. The molecule has 0 spiro atoms. The summed E-state index contributed by atoms with van der Waals surface area (Å²) >= 11 is 0. The normalized spacial score (nSPS) is 17.6. The zero-order chi connectivity index (χ0) is 47.6. The second-order valence-electron chi connectivity index (χ2n) is 19.7. The van der Waals surface area contributed by atoms with E-state index in [2.05, 4.69) is 248 Å². The predicted molar refractivity (Wildman–Crippen MR) is 295 cm³/mol. The molecule has 8 aromatic carbocycles. The Kier molecular flexibility index (Phi) is 10.3. The molecule has 0 amide bonds. The average Bonchev–Trinajstić information content (AvgIpc) is 3.88. The summed E-state index contributed by atoms with van der Waals surface area (Å²) in [6, 6.07) is 79.3. The highest BCUT2D eigenvalue weighted by Crippen LogP contribution is 2.61. The number of pyridine rings is 1. The predicted octanol–water partition coefficient (Wildman–Crippen LogP) is 12.5. The van der Waals surface area contributed by atoms with E-state index in [1.54, 1.807) is 0 Å². The van der Waals surface area contributed by atoms with Crippen molar-refractivity contribution in [3.05, 3.63) is 236 Å². The van der Waals surface area contributed by atoms with E-state index >= 15 is 0 Å². The monoisotopic (exact) mass is 932 g/mol. The Morgan fingerprint density at radius 2 is 1.00 bits per heavy atom. The van der Waals surface area contributed by atoms with Crippen LogP contribution in [0.25, 0.3) is 61.7 Å². The van der Waals surface area contributed by atoms with Crippen molar-refractivity contribution in [3.63, 3.8) is 0 Å². The largest absolute Gasteiger partial charge is 0.333 e. The van der Waals surface area contributed by atoms with Gasteiger partial charge in [-0.1, -0.05) is 208 Å². The Hall–Kier alpha value is -8.26. The van der Waals surface area contributed by atoms with Crippen molar-refractivity contribution in [2.75, 3.05) is 4.90 Å². The van der Waals surface area contributed by atoms with Gasteiger partial charge in [-0.2, -0.15) is 9.97 Å². The summed E-state index contributed by atoms with van der Waals surface area (Å²) in [6.45, 7) is 4.95. The van der Waals surface area contributed by atoms with Crippen LogP contribution in [-0.2, 0) is 5.41 Å². The number of para-hydroxylation sites is 2. The van der Waals surface area contributed by atoms with Gasteiger partial charge in [0.2, 0.25) is 5.95 Å². The van der Waals surface area contributed by atoms with Gasteiger partial charge >= 0.3 is 0 Å². The van der Waals surface area contributed by atoms with E-state index in [4.69, 9.17) is 19.9 Å². The van der Waals surface area contributed by atoms with Crippen LogP contribution in [0, 0.1) is 0 Å². The summed E-state index contributed by atoms with van der Waals surface area (Å²) < 4.78 is 2.23. The molecule has 1 aliphatic carbocycles. The molecule has 2 atom stereocenters. The molecule has 0 bridgehead atoms. The summed E-state index contributed by atoms with van der Waals surface area (Å²) in [4.78, 5) is 24.3. The fourth-order valence-electron chi connectivity index (χ4n) is 12.5. The number of anilines is 2. The molecule has 1 aliphatic heterocycles. The van der Waals surface area contributed by atoms with E-state index < -0.39 is 8.07 Å². The molecule has 2 unspecified atom stereocenters. The van der Waals surface area contributed by atoms with Gasteiger partial charge in [-0.25, -0.2) is 4.98 Å². The number of hydrogen-bond donors (Lipinski definition) is 0. The molecular weight excluding hydrogens is 881 g/mol. The van der Waals surface area contributed by atoms with Crippen LogP contribution in [0.2, 0.25) is 0 Å². The molecule has 2 aliphatic rings. The minimum Gasteiger partial charge on any atom is -0.333 e. The van der Waals surface area contributed by atoms with Gasteiger partial charge in [0.15, 0.2) is 19.7 Å². The second-order valence-corrected chi connectivity index (χ2v) is 23.5. The maximum absolute atomic E-state index is 5.66. The minimum atomic E-state index is -2.90. The van der Waals surface area contributed by atoms with Gasteiger partial charge in [0.1, 0.15) is 0 Å². The molecule has 0 N–H and O–H groups in total. The third kappa shape index (κ3) is 6.67. The van der Waals surface area contributed by atoms with Crippen LogP contribution >= 0.6 is 0 Å². The summed E-state index contributed by atoms with van der Waals surface area (Å²) in [6.07, 6.45) is 8.55. The van der Waals surface area contributed by atoms with Crippen LogP contribution < -0.4 is 25.6 Å². The average molecular weight is 933 g/mol. The Balaban J connectivity index is 1.10. The van der Waals surface area contributed by atoms with Gasteiger partial charge in [-0.3, -0.25) is 9.55 Å². The number of hydrogen-bond acceptors (Lipinski definition) is 5. The molecule has 342 valence electrons. The van der Waals surface area contributed by atoms with Crippen molar-refractivity contribution in [3.8, 4) is 39.9 Å². The van der Waals surface area contributed by atoms with Gasteiger partial charge < -0.3 is 4.90 Å². The Bertz CT molecular complexity index is 3620. The molecule has 71 heavy (non-hydrogen) atoms. The van der Waals surface area contributed by atoms with Gasteiger partial charge in [0.25, 0.3) is 0 Å². The van der Waals surface area contributed by atoms with Crippen LogP contribution in [0.15, 0.2) is 231 Å². The van der Waals surface area contributed by atoms with E-state index in [9.17, 15) is 0 Å². The maximum atomic E-state index is 5.66. The van der Waals surface area contributed by atoms with Crippen LogP contribution in [0.1, 0.15) is 45.1 Å². The highest BCUT2D eigenvalue weighted by molar-refractivity contribution is 7.19. The first kappa shape index (κ1) is 42.8. The molecule has 6 nitrogen and oxygen atoms in total. The van der Waals surface area contributed by atoms with Crippen LogP contribution in [0.3, 0.4) is 0 Å². The summed E-state index contributed by atoms with van der Waals surface area (Å²) in [5.41, 5.74) is 9.50. The first-order chi connectivity index (χ1) is 35.0. The van der Waals surface area contributed by atoms with Crippen LogP contribution in [-0.4, -0.2) is 38.1 Å². The Morgan fingerprint density at radius 1 is 0.451 bits per heavy atom. The number of benzene rings is 8. The zero-order valence-corrected chi connectivity index (χ0v) is 41.0. The van der Waals surface area contributed by atoms with E-state index in [1.807, 2.05) is 6.20 Å². The zero-order valence-electron chi connectivity index (χ0n) is 40.0. The van der Waals surface area contributed by atoms with Crippen molar-refractivity contribution in [2.45, 2.75) is 50.5 Å². The SMILES string of the molecule is CC12CCCCC1(C)N(c1cc(-c3ccccc3)ccc1-c1nc(-c3cccc([Si](c4ccccc4)(c4ccccc4)c4ccccc4)c3)nc(-n3c4ccccc4c4ccccc43)n1)c1cnccc12. The van der Waals surface area contributed by atoms with Crippen molar-refractivity contribution < 1.29 is 0 Å². The molecule has 11 aromatic rings. The summed E-state index contributed by atoms with van der Waals surface area (Å²) in [5, 5.41) is 7.47. The lowest BCUT2D eigenvalue weighted by Crippen LogP contribution is -2.74. The third-order valence-electron chi connectivity index (χ3n) is 16.1. The van der Waals surface area contributed by atoms with Gasteiger partial charge in [-0.05, 0) is 87.5 Å². The van der Waals surface area contributed by atoms with Gasteiger partial charge in [-0.15, -0.1) is 0 Å². The molecule has 0 radical (unpaired) electrons. The fraction of sp³-hybridized carbons (Fsp3) is 0.125. The van der Waals surface area contributed by atoms with Gasteiger partial charge in [0.05, 0.1) is 34.1 Å². The summed E-state index contributed by atoms with van der Waals surface area (Å²) in [7, 11) is -2.90. The number of rotatable bonds is 9. The topological polar surface area (TPSA) is 59.7 Å². The third-order valence-corrected chi connectivity index (χ3v) is 20.8. The van der Waals surface area contributed by atoms with E-state index in [0.29, 0.717) is 17.6 Å². The molecule has 1 saturated carbocycles. The van der Waals surface area contributed by atoms with E-state index in [0.717, 1.165) is 74.7 Å². The fourth-order valence-corrected chi connectivity index (χ4v) is 17.3. The van der Waals surface area contributed by atoms with Crippen molar-refractivity contribution in [1.29, 1.82) is 0 Å². The minimum absolute atomic E-state index is 0.0883. The van der Waals surface area contributed by atoms with E-state index in [1.165, 1.54) is 32.7 Å². The molecule has 1 fully saturated rings. The molecule has 4 heterocycles. The lowest BCUT2D eigenvalue weighted by molar-refractivity contribution is 0.195. The number of nitrogens with zero attached hydrogens (tertiary/aromatic N) is 6. The molecule has 7 heteroatoms. The lowest BCUT2D eigenvalue weighted by Gasteiger charge is -2.50. The maximum Gasteiger partial charge on any atom is 0.238 e. The van der Waals surface area contributed by atoms with Crippen molar-refractivity contribution >= 4 is 62.0 Å². The Labute approximate surface area is 416 Å². The first-order valence-corrected chi connectivity index (χ1v) is 26.9. The molecular formula is C64H52N6Si. The standard InChI is InChI=1S/C64H52N6Si/c1-63-39-19-20-40-64(63,2)70(59-44-65-41-38-55(59)63)58-43-46(45-22-7-3-8-23-45)36-37-54(58)61-66-60(67-62(68-61)69-56-34-17-15-32-52(56)53-33-16-18-35-57(53)69)47-24-21-31-51(42-47)71(48-25-9-4-10-26-48,49-27-11-5-12-28-49)50-29-13-6-14-30-50/h3-18,21-38,41-44H,19-20,39-40H2,1-2H3. The van der Waals surface area contributed by atoms with E-state index in [-0.39, 0.29) is 11.0 Å². The Morgan fingerprint density at radius 3 is 1.65 bits per heavy atom. The molecule has 3 aromatic heterocycles. The van der Waals surface area contributed by atoms with Crippen molar-refractivity contribution in [2.24, 2.45) is 0 Å². The number of aromatic nitrogens is 5. The quantitative estimate of drug-likeness (QED) is 0.107. The molecule has 0 saturated heterocycles. The molecule has 13 rings (SSSR count).